The lowest BCUT2D eigenvalue weighted by atomic mass is 9.86. The van der Waals surface area contributed by atoms with E-state index in [0.29, 0.717) is 18.5 Å². The fourth-order valence-electron chi connectivity index (χ4n) is 3.48. The highest BCUT2D eigenvalue weighted by molar-refractivity contribution is 5.74. The number of amides is 2. The van der Waals surface area contributed by atoms with Crippen molar-refractivity contribution in [1.29, 1.82) is 0 Å². The van der Waals surface area contributed by atoms with Gasteiger partial charge in [-0.2, -0.15) is 5.10 Å². The van der Waals surface area contributed by atoms with E-state index in [4.69, 9.17) is 0 Å². The molecule has 6 heteroatoms. The number of rotatable bonds is 5. The second-order valence-electron chi connectivity index (χ2n) is 6.72. The molecule has 0 saturated heterocycles. The van der Waals surface area contributed by atoms with Gasteiger partial charge in [-0.3, -0.25) is 4.68 Å². The Hall–Kier alpha value is -1.56. The Morgan fingerprint density at radius 3 is 2.52 bits per heavy atom. The summed E-state index contributed by atoms with van der Waals surface area (Å²) in [5, 5.41) is 16.6. The molecule has 0 aliphatic heterocycles. The van der Waals surface area contributed by atoms with E-state index in [0.717, 1.165) is 43.5 Å². The first-order valence-electron chi connectivity index (χ1n) is 8.54. The molecule has 1 aromatic heterocycles. The number of urea groups is 1. The van der Waals surface area contributed by atoms with Crippen LogP contribution in [-0.2, 0) is 13.5 Å². The monoisotopic (exact) mass is 322 g/mol. The van der Waals surface area contributed by atoms with Gasteiger partial charge in [0.1, 0.15) is 0 Å². The van der Waals surface area contributed by atoms with Crippen molar-refractivity contribution < 1.29 is 9.90 Å². The highest BCUT2D eigenvalue weighted by Crippen LogP contribution is 2.26. The normalized spacial score (nSPS) is 21.3. The van der Waals surface area contributed by atoms with Gasteiger partial charge in [0.2, 0.25) is 0 Å². The summed E-state index contributed by atoms with van der Waals surface area (Å²) in [5.74, 6) is 0.416. The van der Waals surface area contributed by atoms with Crippen LogP contribution in [0.15, 0.2) is 0 Å². The number of hydrogen-bond donors (Lipinski definition) is 2. The molecule has 23 heavy (non-hydrogen) atoms. The van der Waals surface area contributed by atoms with Crippen molar-refractivity contribution in [2.75, 3.05) is 20.2 Å². The third kappa shape index (κ3) is 4.25. The molecule has 0 radical (unpaired) electrons. The van der Waals surface area contributed by atoms with Crippen LogP contribution in [-0.4, -0.2) is 52.1 Å². The fraction of sp³-hybridized carbons (Fsp3) is 0.765. The molecular weight excluding hydrogens is 292 g/mol. The van der Waals surface area contributed by atoms with Crippen molar-refractivity contribution in [1.82, 2.24) is 20.0 Å². The van der Waals surface area contributed by atoms with Crippen molar-refractivity contribution in [3.05, 3.63) is 17.0 Å². The van der Waals surface area contributed by atoms with Gasteiger partial charge >= 0.3 is 6.03 Å². The van der Waals surface area contributed by atoms with Crippen molar-refractivity contribution in [3.63, 3.8) is 0 Å². The molecule has 1 fully saturated rings. The molecule has 2 rings (SSSR count). The largest absolute Gasteiger partial charge is 0.396 e. The van der Waals surface area contributed by atoms with Gasteiger partial charge in [-0.25, -0.2) is 4.79 Å². The Morgan fingerprint density at radius 2 is 2.00 bits per heavy atom. The molecule has 0 aromatic carbocycles. The zero-order valence-electron chi connectivity index (χ0n) is 14.8. The van der Waals surface area contributed by atoms with Gasteiger partial charge in [-0.1, -0.05) is 0 Å². The lowest BCUT2D eigenvalue weighted by Crippen LogP contribution is -2.45. The summed E-state index contributed by atoms with van der Waals surface area (Å²) in [6.45, 7) is 4.97. The molecule has 0 spiro atoms. The molecule has 2 amide bonds. The van der Waals surface area contributed by atoms with E-state index in [-0.39, 0.29) is 12.6 Å². The molecule has 1 heterocycles. The van der Waals surface area contributed by atoms with Crippen LogP contribution in [0.1, 0.15) is 42.6 Å². The quantitative estimate of drug-likeness (QED) is 0.868. The third-order valence-electron chi connectivity index (χ3n) is 5.25. The molecule has 6 nitrogen and oxygen atoms in total. The van der Waals surface area contributed by atoms with E-state index in [9.17, 15) is 9.90 Å². The molecule has 1 aliphatic rings. The first-order valence-corrected chi connectivity index (χ1v) is 8.54. The molecule has 0 bridgehead atoms. The lowest BCUT2D eigenvalue weighted by Gasteiger charge is -2.34. The Labute approximate surface area is 138 Å². The maximum Gasteiger partial charge on any atom is 0.317 e. The van der Waals surface area contributed by atoms with Crippen LogP contribution in [0.5, 0.6) is 0 Å². The predicted molar refractivity (Wildman–Crippen MR) is 90.4 cm³/mol. The molecule has 0 atom stereocenters. The summed E-state index contributed by atoms with van der Waals surface area (Å²) in [7, 11) is 3.82. The molecule has 2 N–H and O–H groups in total. The summed E-state index contributed by atoms with van der Waals surface area (Å²) < 4.78 is 1.89. The maximum atomic E-state index is 12.3. The zero-order chi connectivity index (χ0) is 17.0. The van der Waals surface area contributed by atoms with Gasteiger partial charge in [-0.15, -0.1) is 0 Å². The van der Waals surface area contributed by atoms with Crippen molar-refractivity contribution in [2.24, 2.45) is 13.0 Å². The molecule has 1 saturated carbocycles. The number of nitrogens with zero attached hydrogens (tertiary/aromatic N) is 3. The Balaban J connectivity index is 1.78. The Bertz CT molecular complexity index is 533. The first-order chi connectivity index (χ1) is 10.9. The second-order valence-corrected chi connectivity index (χ2v) is 6.72. The predicted octanol–water partition coefficient (Wildman–Crippen LogP) is 1.77. The minimum Gasteiger partial charge on any atom is -0.396 e. The summed E-state index contributed by atoms with van der Waals surface area (Å²) in [6.07, 6.45) is 4.79. The van der Waals surface area contributed by atoms with Crippen LogP contribution in [0.2, 0.25) is 0 Å². The van der Waals surface area contributed by atoms with E-state index < -0.39 is 0 Å². The van der Waals surface area contributed by atoms with Crippen LogP contribution >= 0.6 is 0 Å². The van der Waals surface area contributed by atoms with Gasteiger partial charge in [0.05, 0.1) is 5.69 Å². The van der Waals surface area contributed by atoms with Gasteiger partial charge in [0, 0.05) is 39.0 Å². The number of aromatic nitrogens is 2. The van der Waals surface area contributed by atoms with Crippen molar-refractivity contribution in [3.8, 4) is 0 Å². The highest BCUT2D eigenvalue weighted by Gasteiger charge is 2.26. The second kappa shape index (κ2) is 7.81. The number of carbonyl (C=O) groups excluding carboxylic acids is 1. The Morgan fingerprint density at radius 1 is 1.35 bits per heavy atom. The van der Waals surface area contributed by atoms with E-state index >= 15 is 0 Å². The smallest absolute Gasteiger partial charge is 0.317 e. The van der Waals surface area contributed by atoms with Crippen LogP contribution in [0, 0.1) is 19.8 Å². The van der Waals surface area contributed by atoms with Crippen molar-refractivity contribution in [2.45, 2.75) is 52.0 Å². The number of nitrogens with one attached hydrogen (secondary N) is 1. The van der Waals surface area contributed by atoms with Gasteiger partial charge in [0.25, 0.3) is 0 Å². The van der Waals surface area contributed by atoms with E-state index in [1.807, 2.05) is 30.6 Å². The van der Waals surface area contributed by atoms with E-state index in [2.05, 4.69) is 17.3 Å². The average molecular weight is 322 g/mol. The van der Waals surface area contributed by atoms with Gasteiger partial charge < -0.3 is 15.3 Å². The SMILES string of the molecule is Cc1nn(C)c(C)c1CCNC(=O)N(C)C1CCC(CO)CC1. The molecule has 130 valence electrons. The average Bonchev–Trinajstić information content (AvgIpc) is 2.80. The van der Waals surface area contributed by atoms with Crippen LogP contribution in [0.3, 0.4) is 0 Å². The zero-order valence-corrected chi connectivity index (χ0v) is 14.8. The number of carbonyl (C=O) groups is 1. The number of aliphatic hydroxyl groups excluding tert-OH is 1. The summed E-state index contributed by atoms with van der Waals surface area (Å²) >= 11 is 0. The molecule has 1 aromatic rings. The van der Waals surface area contributed by atoms with E-state index in [1.165, 1.54) is 5.56 Å². The first kappa shape index (κ1) is 17.8. The number of aliphatic hydroxyl groups is 1. The fourth-order valence-corrected chi connectivity index (χ4v) is 3.48. The van der Waals surface area contributed by atoms with Crippen LogP contribution < -0.4 is 5.32 Å². The molecular formula is C17H30N4O2. The third-order valence-corrected chi connectivity index (χ3v) is 5.25. The molecule has 1 aliphatic carbocycles. The van der Waals surface area contributed by atoms with Crippen LogP contribution in [0.25, 0.3) is 0 Å². The maximum absolute atomic E-state index is 12.3. The van der Waals surface area contributed by atoms with Gasteiger partial charge in [0.15, 0.2) is 0 Å². The lowest BCUT2D eigenvalue weighted by molar-refractivity contribution is 0.134. The molecule has 0 unspecified atom stereocenters. The van der Waals surface area contributed by atoms with Gasteiger partial charge in [-0.05, 0) is 57.4 Å². The minimum absolute atomic E-state index is 0.00311. The highest BCUT2D eigenvalue weighted by atomic mass is 16.3. The van der Waals surface area contributed by atoms with Crippen LogP contribution in [0.4, 0.5) is 4.79 Å². The van der Waals surface area contributed by atoms with Crippen molar-refractivity contribution >= 4 is 6.03 Å². The number of aryl methyl sites for hydroxylation is 2. The minimum atomic E-state index is -0.00311. The van der Waals surface area contributed by atoms with E-state index in [1.54, 1.807) is 0 Å². The number of hydrogen-bond acceptors (Lipinski definition) is 3. The topological polar surface area (TPSA) is 70.4 Å². The standard InChI is InChI=1S/C17H30N4O2/c1-12-16(13(2)21(4)19-12)9-10-18-17(23)20(3)15-7-5-14(11-22)6-8-15/h14-15,22H,5-11H2,1-4H3,(H,18,23). The summed E-state index contributed by atoms with van der Waals surface area (Å²) in [4.78, 5) is 14.1. The summed E-state index contributed by atoms with van der Waals surface area (Å²) in [6, 6.07) is 0.288. The Kier molecular flexibility index (Phi) is 6.04. The summed E-state index contributed by atoms with van der Waals surface area (Å²) in [5.41, 5.74) is 3.42.